The molecule has 5 nitrogen and oxygen atoms in total. The Bertz CT molecular complexity index is 728. The molecule has 2 aromatic carbocycles. The molecular formula is C23H30N2O3. The summed E-state index contributed by atoms with van der Waals surface area (Å²) in [7, 11) is 1.52. The Balaban J connectivity index is 1.81. The number of carbonyl (C=O) groups excluding carboxylic acids is 1. The maximum Gasteiger partial charge on any atom is 0.227 e. The van der Waals surface area contributed by atoms with E-state index in [2.05, 4.69) is 29.2 Å². The smallest absolute Gasteiger partial charge is 0.227 e. The van der Waals surface area contributed by atoms with Crippen LogP contribution in [0, 0.1) is 0 Å². The third kappa shape index (κ3) is 4.79. The van der Waals surface area contributed by atoms with E-state index in [1.807, 2.05) is 48.2 Å². The number of rotatable bonds is 8. The fraction of sp³-hybridized carbons (Fsp3) is 0.435. The standard InChI is InChI=1S/C23H30N2O3/c1-3-22(26)25(21-12-8-5-9-13-21)23(19-28-27-2)14-16-24(17-15-23)18-20-10-6-4-7-11-20/h4-13H,3,14-19H2,1-2H3. The predicted octanol–water partition coefficient (Wildman–Crippen LogP) is 4.04. The van der Waals surface area contributed by atoms with E-state index in [4.69, 9.17) is 9.78 Å². The molecule has 0 aliphatic carbocycles. The summed E-state index contributed by atoms with van der Waals surface area (Å²) in [5, 5.41) is 0. The Kier molecular flexibility index (Phi) is 7.20. The molecule has 2 aromatic rings. The maximum atomic E-state index is 13.0. The Labute approximate surface area is 167 Å². The highest BCUT2D eigenvalue weighted by Crippen LogP contribution is 2.35. The van der Waals surface area contributed by atoms with Crippen molar-refractivity contribution in [2.45, 2.75) is 38.3 Å². The normalized spacial score (nSPS) is 16.6. The summed E-state index contributed by atoms with van der Waals surface area (Å²) in [4.78, 5) is 27.7. The van der Waals surface area contributed by atoms with Gasteiger partial charge in [-0.2, -0.15) is 0 Å². The fourth-order valence-electron chi connectivity index (χ4n) is 3.99. The van der Waals surface area contributed by atoms with Gasteiger partial charge in [0.2, 0.25) is 5.91 Å². The first-order valence-electron chi connectivity index (χ1n) is 9.98. The van der Waals surface area contributed by atoms with Crippen molar-refractivity contribution in [2.24, 2.45) is 0 Å². The number of benzene rings is 2. The summed E-state index contributed by atoms with van der Waals surface area (Å²) in [6.07, 6.45) is 2.13. The molecule has 28 heavy (non-hydrogen) atoms. The van der Waals surface area contributed by atoms with Crippen LogP contribution >= 0.6 is 0 Å². The number of likely N-dealkylation sites (tertiary alicyclic amines) is 1. The highest BCUT2D eigenvalue weighted by molar-refractivity contribution is 5.94. The molecule has 1 amide bonds. The van der Waals surface area contributed by atoms with Gasteiger partial charge >= 0.3 is 0 Å². The summed E-state index contributed by atoms with van der Waals surface area (Å²) < 4.78 is 0. The molecule has 1 aliphatic rings. The van der Waals surface area contributed by atoms with Crippen LogP contribution in [0.5, 0.6) is 0 Å². The molecule has 150 valence electrons. The molecule has 0 radical (unpaired) electrons. The monoisotopic (exact) mass is 382 g/mol. The summed E-state index contributed by atoms with van der Waals surface area (Å²) in [6, 6.07) is 20.4. The van der Waals surface area contributed by atoms with Crippen molar-refractivity contribution in [1.82, 2.24) is 4.90 Å². The van der Waals surface area contributed by atoms with Gasteiger partial charge in [-0.25, -0.2) is 9.78 Å². The van der Waals surface area contributed by atoms with Crippen LogP contribution < -0.4 is 4.90 Å². The quantitative estimate of drug-likeness (QED) is 0.510. The highest BCUT2D eigenvalue weighted by Gasteiger charge is 2.43. The van der Waals surface area contributed by atoms with Gasteiger partial charge < -0.3 is 4.90 Å². The van der Waals surface area contributed by atoms with E-state index in [9.17, 15) is 4.79 Å². The van der Waals surface area contributed by atoms with Gasteiger partial charge in [-0.15, -0.1) is 0 Å². The van der Waals surface area contributed by atoms with E-state index in [1.54, 1.807) is 0 Å². The van der Waals surface area contributed by atoms with Crippen molar-refractivity contribution in [3.05, 3.63) is 66.2 Å². The second kappa shape index (κ2) is 9.82. The lowest BCUT2D eigenvalue weighted by Gasteiger charge is -2.48. The van der Waals surface area contributed by atoms with Crippen LogP contribution in [0.3, 0.4) is 0 Å². The molecule has 1 heterocycles. The van der Waals surface area contributed by atoms with Gasteiger partial charge in [0.15, 0.2) is 0 Å². The minimum absolute atomic E-state index is 0.113. The lowest BCUT2D eigenvalue weighted by atomic mass is 9.85. The first-order chi connectivity index (χ1) is 13.7. The molecule has 0 N–H and O–H groups in total. The summed E-state index contributed by atoms with van der Waals surface area (Å²) in [5.74, 6) is 0.113. The lowest BCUT2D eigenvalue weighted by molar-refractivity contribution is -0.283. The second-order valence-electron chi connectivity index (χ2n) is 7.33. The molecule has 1 fully saturated rings. The fourth-order valence-corrected chi connectivity index (χ4v) is 3.99. The molecule has 1 aliphatic heterocycles. The Morgan fingerprint density at radius 1 is 1.04 bits per heavy atom. The zero-order valence-electron chi connectivity index (χ0n) is 16.8. The third-order valence-electron chi connectivity index (χ3n) is 5.52. The Hall–Kier alpha value is -2.21. The van der Waals surface area contributed by atoms with Crippen LogP contribution in [-0.2, 0) is 21.1 Å². The van der Waals surface area contributed by atoms with E-state index in [0.717, 1.165) is 38.2 Å². The van der Waals surface area contributed by atoms with Crippen LogP contribution in [0.4, 0.5) is 5.69 Å². The van der Waals surface area contributed by atoms with Gasteiger partial charge in [-0.3, -0.25) is 9.69 Å². The largest absolute Gasteiger partial charge is 0.304 e. The first-order valence-corrected chi connectivity index (χ1v) is 9.98. The number of hydrogen-bond acceptors (Lipinski definition) is 4. The van der Waals surface area contributed by atoms with Crippen LogP contribution in [0.15, 0.2) is 60.7 Å². The van der Waals surface area contributed by atoms with E-state index in [0.29, 0.717) is 13.0 Å². The van der Waals surface area contributed by atoms with Gasteiger partial charge in [0.05, 0.1) is 12.6 Å². The number of piperidine rings is 1. The van der Waals surface area contributed by atoms with Crippen LogP contribution in [-0.4, -0.2) is 43.2 Å². The molecule has 1 saturated heterocycles. The molecule has 0 atom stereocenters. The summed E-state index contributed by atoms with van der Waals surface area (Å²) in [5.41, 5.74) is 1.83. The minimum atomic E-state index is -0.405. The number of amides is 1. The van der Waals surface area contributed by atoms with E-state index in [1.165, 1.54) is 12.7 Å². The number of anilines is 1. The molecule has 0 bridgehead atoms. The Morgan fingerprint density at radius 3 is 2.21 bits per heavy atom. The second-order valence-corrected chi connectivity index (χ2v) is 7.33. The van der Waals surface area contributed by atoms with E-state index in [-0.39, 0.29) is 5.91 Å². The highest BCUT2D eigenvalue weighted by atomic mass is 17.2. The van der Waals surface area contributed by atoms with Gasteiger partial charge in [-0.1, -0.05) is 55.5 Å². The van der Waals surface area contributed by atoms with Crippen LogP contribution in [0.25, 0.3) is 0 Å². The number of para-hydroxylation sites is 1. The Morgan fingerprint density at radius 2 is 1.64 bits per heavy atom. The number of hydrogen-bond donors (Lipinski definition) is 0. The zero-order valence-corrected chi connectivity index (χ0v) is 16.8. The molecule has 3 rings (SSSR count). The molecule has 0 aromatic heterocycles. The first kappa shape index (κ1) is 20.5. The lowest BCUT2D eigenvalue weighted by Crippen LogP contribution is -2.60. The minimum Gasteiger partial charge on any atom is -0.304 e. The number of nitrogens with zero attached hydrogens (tertiary/aromatic N) is 2. The average molecular weight is 383 g/mol. The zero-order chi connectivity index (χ0) is 19.8. The predicted molar refractivity (Wildman–Crippen MR) is 111 cm³/mol. The van der Waals surface area contributed by atoms with Crippen molar-refractivity contribution >= 4 is 11.6 Å². The van der Waals surface area contributed by atoms with Gasteiger partial charge in [-0.05, 0) is 30.5 Å². The van der Waals surface area contributed by atoms with Crippen LogP contribution in [0.2, 0.25) is 0 Å². The van der Waals surface area contributed by atoms with Crippen molar-refractivity contribution in [3.63, 3.8) is 0 Å². The SMILES string of the molecule is CCC(=O)N(c1ccccc1)C1(COOC)CCN(Cc2ccccc2)CC1. The van der Waals surface area contributed by atoms with Gasteiger partial charge in [0.1, 0.15) is 6.61 Å². The topological polar surface area (TPSA) is 42.0 Å². The average Bonchev–Trinajstić information content (AvgIpc) is 2.75. The summed E-state index contributed by atoms with van der Waals surface area (Å²) >= 11 is 0. The molecular weight excluding hydrogens is 352 g/mol. The third-order valence-corrected chi connectivity index (χ3v) is 5.52. The van der Waals surface area contributed by atoms with Crippen molar-refractivity contribution in [2.75, 3.05) is 31.7 Å². The molecule has 0 unspecified atom stereocenters. The van der Waals surface area contributed by atoms with Crippen molar-refractivity contribution in [3.8, 4) is 0 Å². The van der Waals surface area contributed by atoms with Crippen molar-refractivity contribution in [1.29, 1.82) is 0 Å². The molecule has 5 heteroatoms. The van der Waals surface area contributed by atoms with E-state index >= 15 is 0 Å². The van der Waals surface area contributed by atoms with Crippen LogP contribution in [0.1, 0.15) is 31.7 Å². The molecule has 0 saturated carbocycles. The summed E-state index contributed by atoms with van der Waals surface area (Å²) in [6.45, 7) is 5.01. The van der Waals surface area contributed by atoms with Gasteiger partial charge in [0.25, 0.3) is 0 Å². The number of carbonyl (C=O) groups is 1. The van der Waals surface area contributed by atoms with Gasteiger partial charge in [0, 0.05) is 31.7 Å². The maximum absolute atomic E-state index is 13.0. The van der Waals surface area contributed by atoms with E-state index < -0.39 is 5.54 Å². The van der Waals surface area contributed by atoms with Crippen molar-refractivity contribution < 1.29 is 14.6 Å². The molecule has 0 spiro atoms.